The largest absolute Gasteiger partial charge is 0.389 e. The molecule has 0 spiro atoms. The van der Waals surface area contributed by atoms with Crippen molar-refractivity contribution < 1.29 is 10.0 Å². The summed E-state index contributed by atoms with van der Waals surface area (Å²) in [7, 11) is 0. The Hall–Kier alpha value is -1.96. The van der Waals surface area contributed by atoms with Crippen molar-refractivity contribution >= 4 is 17.3 Å². The van der Waals surface area contributed by atoms with Gasteiger partial charge in [-0.3, -0.25) is 10.1 Å². The van der Waals surface area contributed by atoms with Crippen molar-refractivity contribution in [3.8, 4) is 0 Å². The highest BCUT2D eigenvalue weighted by atomic mass is 16.6. The van der Waals surface area contributed by atoms with Crippen LogP contribution in [0.5, 0.6) is 0 Å². The average molecular weight is 297 g/mol. The van der Waals surface area contributed by atoms with Crippen LogP contribution in [0.25, 0.3) is 0 Å². The molecule has 1 aromatic rings. The molecule has 0 bridgehead atoms. The molecule has 0 atom stereocenters. The quantitative estimate of drug-likeness (QED) is 0.557. The zero-order chi connectivity index (χ0) is 16.0. The van der Waals surface area contributed by atoms with Crippen LogP contribution in [0.1, 0.15) is 34.1 Å². The van der Waals surface area contributed by atoms with Crippen molar-refractivity contribution in [1.29, 1.82) is 0 Å². The SMILES string of the molecule is CCCNc1ncnc(N(CC)CC(C)(C)O)c1[N+](=O)[O-]. The van der Waals surface area contributed by atoms with Crippen LogP contribution in [-0.2, 0) is 0 Å². The molecular formula is C13H23N5O3. The highest BCUT2D eigenvalue weighted by molar-refractivity contribution is 5.70. The van der Waals surface area contributed by atoms with Crippen molar-refractivity contribution in [2.24, 2.45) is 0 Å². The number of hydrogen-bond acceptors (Lipinski definition) is 7. The summed E-state index contributed by atoms with van der Waals surface area (Å²) in [6, 6.07) is 0. The Morgan fingerprint density at radius 2 is 2.10 bits per heavy atom. The zero-order valence-corrected chi connectivity index (χ0v) is 13.0. The molecular weight excluding hydrogens is 274 g/mol. The molecule has 1 aromatic heterocycles. The van der Waals surface area contributed by atoms with E-state index in [0.717, 1.165) is 6.42 Å². The van der Waals surface area contributed by atoms with Gasteiger partial charge in [-0.1, -0.05) is 6.92 Å². The van der Waals surface area contributed by atoms with E-state index in [4.69, 9.17) is 0 Å². The maximum absolute atomic E-state index is 11.4. The van der Waals surface area contributed by atoms with Gasteiger partial charge in [0.15, 0.2) is 0 Å². The standard InChI is InChI=1S/C13H23N5O3/c1-5-7-14-11-10(18(20)21)12(16-9-15-11)17(6-2)8-13(3,4)19/h9,19H,5-8H2,1-4H3,(H,14,15,16). The molecule has 1 heterocycles. The minimum absolute atomic E-state index is 0.156. The van der Waals surface area contributed by atoms with E-state index >= 15 is 0 Å². The van der Waals surface area contributed by atoms with E-state index < -0.39 is 10.5 Å². The predicted octanol–water partition coefficient (Wildman–Crippen LogP) is 1.80. The van der Waals surface area contributed by atoms with Crippen molar-refractivity contribution in [2.45, 2.75) is 39.7 Å². The fourth-order valence-electron chi connectivity index (χ4n) is 1.95. The molecule has 8 nitrogen and oxygen atoms in total. The molecule has 0 amide bonds. The van der Waals surface area contributed by atoms with E-state index in [0.29, 0.717) is 13.1 Å². The molecule has 0 aliphatic carbocycles. The normalized spacial score (nSPS) is 11.3. The number of rotatable bonds is 8. The van der Waals surface area contributed by atoms with Crippen molar-refractivity contribution in [3.63, 3.8) is 0 Å². The lowest BCUT2D eigenvalue weighted by Crippen LogP contribution is -2.39. The zero-order valence-electron chi connectivity index (χ0n) is 13.0. The van der Waals surface area contributed by atoms with Crippen LogP contribution in [-0.4, -0.2) is 45.2 Å². The molecule has 0 radical (unpaired) electrons. The minimum atomic E-state index is -0.980. The van der Waals surface area contributed by atoms with Gasteiger partial charge in [0.1, 0.15) is 6.33 Å². The fraction of sp³-hybridized carbons (Fsp3) is 0.692. The molecule has 0 saturated carbocycles. The van der Waals surface area contributed by atoms with Crippen LogP contribution in [0.3, 0.4) is 0 Å². The van der Waals surface area contributed by atoms with Crippen LogP contribution < -0.4 is 10.2 Å². The summed E-state index contributed by atoms with van der Waals surface area (Å²) in [5, 5.41) is 24.3. The number of likely N-dealkylation sites (N-methyl/N-ethyl adjacent to an activating group) is 1. The molecule has 0 aliphatic heterocycles. The summed E-state index contributed by atoms with van der Waals surface area (Å²) in [6.45, 7) is 8.46. The Balaban J connectivity index is 3.23. The van der Waals surface area contributed by atoms with Crippen molar-refractivity contribution in [1.82, 2.24) is 9.97 Å². The predicted molar refractivity (Wildman–Crippen MR) is 81.7 cm³/mol. The third-order valence-corrected chi connectivity index (χ3v) is 2.79. The monoisotopic (exact) mass is 297 g/mol. The van der Waals surface area contributed by atoms with E-state index in [1.807, 2.05) is 13.8 Å². The van der Waals surface area contributed by atoms with Gasteiger partial charge >= 0.3 is 5.69 Å². The van der Waals surface area contributed by atoms with Crippen LogP contribution in [0.15, 0.2) is 6.33 Å². The molecule has 8 heteroatoms. The van der Waals surface area contributed by atoms with E-state index in [2.05, 4.69) is 15.3 Å². The lowest BCUT2D eigenvalue weighted by atomic mass is 10.1. The second kappa shape index (κ2) is 7.16. The third-order valence-electron chi connectivity index (χ3n) is 2.79. The molecule has 21 heavy (non-hydrogen) atoms. The number of anilines is 2. The Bertz CT molecular complexity index is 487. The number of aromatic nitrogens is 2. The lowest BCUT2D eigenvalue weighted by Gasteiger charge is -2.28. The van der Waals surface area contributed by atoms with Crippen LogP contribution in [0, 0.1) is 10.1 Å². The summed E-state index contributed by atoms with van der Waals surface area (Å²) in [5.41, 5.74) is -1.14. The number of nitro groups is 1. The third kappa shape index (κ3) is 4.82. The van der Waals surface area contributed by atoms with Gasteiger partial charge in [-0.05, 0) is 27.2 Å². The van der Waals surface area contributed by atoms with Gasteiger partial charge in [0.2, 0.25) is 11.6 Å². The number of nitrogens with one attached hydrogen (secondary N) is 1. The van der Waals surface area contributed by atoms with E-state index in [1.54, 1.807) is 18.7 Å². The molecule has 0 saturated heterocycles. The van der Waals surface area contributed by atoms with Gasteiger partial charge in [0.05, 0.1) is 10.5 Å². The van der Waals surface area contributed by atoms with E-state index in [9.17, 15) is 15.2 Å². The lowest BCUT2D eigenvalue weighted by molar-refractivity contribution is -0.383. The molecule has 0 unspecified atom stereocenters. The maximum atomic E-state index is 11.4. The Kier molecular flexibility index (Phi) is 5.83. The first-order valence-corrected chi connectivity index (χ1v) is 7.00. The van der Waals surface area contributed by atoms with Gasteiger partial charge in [-0.15, -0.1) is 0 Å². The second-order valence-corrected chi connectivity index (χ2v) is 5.40. The summed E-state index contributed by atoms with van der Waals surface area (Å²) in [5.74, 6) is 0.430. The second-order valence-electron chi connectivity index (χ2n) is 5.40. The minimum Gasteiger partial charge on any atom is -0.389 e. The smallest absolute Gasteiger partial charge is 0.353 e. The number of aliphatic hydroxyl groups is 1. The Morgan fingerprint density at radius 3 is 2.57 bits per heavy atom. The van der Waals surface area contributed by atoms with E-state index in [1.165, 1.54) is 6.33 Å². The van der Waals surface area contributed by atoms with E-state index in [-0.39, 0.29) is 23.9 Å². The first-order valence-electron chi connectivity index (χ1n) is 7.00. The van der Waals surface area contributed by atoms with Crippen LogP contribution >= 0.6 is 0 Å². The van der Waals surface area contributed by atoms with Crippen LogP contribution in [0.2, 0.25) is 0 Å². The van der Waals surface area contributed by atoms with Gasteiger partial charge in [0, 0.05) is 19.6 Å². The molecule has 0 aliphatic rings. The Labute approximate surface area is 124 Å². The molecule has 118 valence electrons. The highest BCUT2D eigenvalue weighted by Crippen LogP contribution is 2.32. The molecule has 0 aromatic carbocycles. The molecule has 2 N–H and O–H groups in total. The first-order chi connectivity index (χ1) is 9.80. The van der Waals surface area contributed by atoms with Crippen LogP contribution in [0.4, 0.5) is 17.3 Å². The molecule has 0 fully saturated rings. The fourth-order valence-corrected chi connectivity index (χ4v) is 1.95. The summed E-state index contributed by atoms with van der Waals surface area (Å²) >= 11 is 0. The van der Waals surface area contributed by atoms with Gasteiger partial charge in [-0.2, -0.15) is 0 Å². The highest BCUT2D eigenvalue weighted by Gasteiger charge is 2.28. The Morgan fingerprint density at radius 1 is 1.43 bits per heavy atom. The maximum Gasteiger partial charge on any atom is 0.353 e. The first kappa shape index (κ1) is 17.1. The summed E-state index contributed by atoms with van der Waals surface area (Å²) < 4.78 is 0. The van der Waals surface area contributed by atoms with Gasteiger partial charge in [-0.25, -0.2) is 9.97 Å². The molecule has 1 rings (SSSR count). The topological polar surface area (TPSA) is 104 Å². The number of nitrogens with zero attached hydrogens (tertiary/aromatic N) is 4. The average Bonchev–Trinajstić information content (AvgIpc) is 2.40. The van der Waals surface area contributed by atoms with Gasteiger partial charge in [0.25, 0.3) is 0 Å². The van der Waals surface area contributed by atoms with Crippen molar-refractivity contribution in [2.75, 3.05) is 29.9 Å². The van der Waals surface area contributed by atoms with Crippen molar-refractivity contribution in [3.05, 3.63) is 16.4 Å². The van der Waals surface area contributed by atoms with Gasteiger partial charge < -0.3 is 15.3 Å². The number of hydrogen-bond donors (Lipinski definition) is 2. The summed E-state index contributed by atoms with van der Waals surface area (Å²) in [6.07, 6.45) is 2.13. The summed E-state index contributed by atoms with van der Waals surface area (Å²) in [4.78, 5) is 20.6.